The Morgan fingerprint density at radius 2 is 1.94 bits per heavy atom. The van der Waals surface area contributed by atoms with Gasteiger partial charge in [0.2, 0.25) is 0 Å². The molecule has 6 heteroatoms. The molecule has 2 aliphatic heterocycles. The molecule has 0 amide bonds. The molecule has 196 valence electrons. The van der Waals surface area contributed by atoms with Gasteiger partial charge in [-0.05, 0) is 74.5 Å². The first kappa shape index (κ1) is 28.4. The molecule has 2 fully saturated rings. The van der Waals surface area contributed by atoms with Gasteiger partial charge >= 0.3 is 0 Å². The number of hydrogen-bond acceptors (Lipinski definition) is 4. The van der Waals surface area contributed by atoms with E-state index in [2.05, 4.69) is 52.2 Å². The van der Waals surface area contributed by atoms with Crippen LogP contribution in [-0.4, -0.2) is 41.7 Å². The molecule has 2 heterocycles. The number of piperidine rings is 1. The van der Waals surface area contributed by atoms with E-state index in [4.69, 9.17) is 26.3 Å². The van der Waals surface area contributed by atoms with Gasteiger partial charge in [-0.1, -0.05) is 52.8 Å². The lowest BCUT2D eigenvalue weighted by Crippen LogP contribution is -2.50. The molecule has 2 saturated heterocycles. The second kappa shape index (κ2) is 13.4. The summed E-state index contributed by atoms with van der Waals surface area (Å²) in [6.07, 6.45) is 8.48. The summed E-state index contributed by atoms with van der Waals surface area (Å²) in [7, 11) is 0. The third-order valence-corrected chi connectivity index (χ3v) is 8.09. The zero-order valence-electron chi connectivity index (χ0n) is 22.7. The fourth-order valence-corrected chi connectivity index (χ4v) is 5.87. The number of ether oxygens (including phenoxy) is 1. The maximum absolute atomic E-state index is 9.20. The number of aliphatic imine (C=N–C) groups is 2. The summed E-state index contributed by atoms with van der Waals surface area (Å²) in [6, 6.07) is 8.42. The van der Waals surface area contributed by atoms with Gasteiger partial charge in [-0.3, -0.25) is 4.99 Å². The Morgan fingerprint density at radius 3 is 2.50 bits per heavy atom. The van der Waals surface area contributed by atoms with Crippen molar-refractivity contribution in [2.45, 2.75) is 85.2 Å². The van der Waals surface area contributed by atoms with E-state index in [1.807, 2.05) is 6.07 Å². The summed E-state index contributed by atoms with van der Waals surface area (Å²) in [5, 5.41) is 9.70. The molecular formula is C30H43ClN4O. The molecule has 0 aromatic heterocycles. The number of benzene rings is 1. The van der Waals surface area contributed by atoms with Crippen LogP contribution in [0.2, 0.25) is 5.02 Å². The highest BCUT2D eigenvalue weighted by Crippen LogP contribution is 2.41. The zero-order chi connectivity index (χ0) is 26.2. The van der Waals surface area contributed by atoms with Gasteiger partial charge in [-0.2, -0.15) is 5.26 Å². The molecule has 1 aromatic rings. The van der Waals surface area contributed by atoms with E-state index in [0.29, 0.717) is 40.2 Å². The van der Waals surface area contributed by atoms with Crippen LogP contribution in [-0.2, 0) is 4.74 Å². The van der Waals surface area contributed by atoms with Crippen LogP contribution in [0.3, 0.4) is 0 Å². The second-order valence-corrected chi connectivity index (χ2v) is 11.3. The van der Waals surface area contributed by atoms with E-state index < -0.39 is 0 Å². The third-order valence-electron chi connectivity index (χ3n) is 7.79. The van der Waals surface area contributed by atoms with Crippen LogP contribution in [0.5, 0.6) is 0 Å². The first-order valence-corrected chi connectivity index (χ1v) is 14.0. The number of fused-ring (bicyclic) bond motifs is 2. The van der Waals surface area contributed by atoms with Crippen molar-refractivity contribution in [1.82, 2.24) is 4.90 Å². The molecule has 3 rings (SSSR count). The van der Waals surface area contributed by atoms with E-state index >= 15 is 0 Å². The minimum atomic E-state index is 0.0339. The van der Waals surface area contributed by atoms with Crippen LogP contribution in [0.15, 0.2) is 41.0 Å². The van der Waals surface area contributed by atoms with Crippen LogP contribution in [0.25, 0.3) is 0 Å². The average Bonchev–Trinajstić information content (AvgIpc) is 3.12. The summed E-state index contributed by atoms with van der Waals surface area (Å²) in [5.41, 5.74) is 2.32. The molecule has 2 bridgehead atoms. The normalized spacial score (nSPS) is 24.1. The standard InChI is InChI=1S/C30H43ClN4O/c1-7-21(5)29(34-28-12-9-23(18-32)17-27(28)31)22(6)30(33-8-2)35-25-10-11-26(35)16-24(15-25)19-36-14-13-20(3)4/h8-9,12,17,20-22,24-26H,2,7,10-11,13-16,19H2,1,3-6H3. The van der Waals surface area contributed by atoms with E-state index in [0.717, 1.165) is 50.4 Å². The van der Waals surface area contributed by atoms with Gasteiger partial charge in [-0.25, -0.2) is 4.99 Å². The number of hydrogen-bond donors (Lipinski definition) is 0. The number of amidine groups is 1. The molecule has 0 aliphatic carbocycles. The fourth-order valence-electron chi connectivity index (χ4n) is 5.65. The van der Waals surface area contributed by atoms with Gasteiger partial charge in [0, 0.05) is 37.2 Å². The predicted molar refractivity (Wildman–Crippen MR) is 151 cm³/mol. The van der Waals surface area contributed by atoms with Gasteiger partial charge in [0.05, 0.1) is 28.3 Å². The van der Waals surface area contributed by atoms with Gasteiger partial charge in [0.25, 0.3) is 0 Å². The third kappa shape index (κ3) is 6.99. The van der Waals surface area contributed by atoms with Gasteiger partial charge < -0.3 is 9.64 Å². The molecule has 1 aromatic carbocycles. The highest BCUT2D eigenvalue weighted by atomic mass is 35.5. The van der Waals surface area contributed by atoms with Gasteiger partial charge in [-0.15, -0.1) is 0 Å². The molecule has 5 nitrogen and oxygen atoms in total. The highest BCUT2D eigenvalue weighted by Gasteiger charge is 2.44. The Balaban J connectivity index is 1.82. The van der Waals surface area contributed by atoms with Crippen molar-refractivity contribution < 1.29 is 4.74 Å². The van der Waals surface area contributed by atoms with Crippen LogP contribution in [0.4, 0.5) is 5.69 Å². The predicted octanol–water partition coefficient (Wildman–Crippen LogP) is 7.81. The van der Waals surface area contributed by atoms with E-state index in [-0.39, 0.29) is 11.8 Å². The quantitative estimate of drug-likeness (QED) is 0.173. The Morgan fingerprint density at radius 1 is 1.25 bits per heavy atom. The lowest BCUT2D eigenvalue weighted by atomic mass is 9.87. The smallest absolute Gasteiger partial charge is 0.113 e. The summed E-state index contributed by atoms with van der Waals surface area (Å²) in [4.78, 5) is 12.5. The average molecular weight is 511 g/mol. The van der Waals surface area contributed by atoms with Crippen molar-refractivity contribution in [3.05, 3.63) is 41.6 Å². The number of nitrogens with zero attached hydrogens (tertiary/aromatic N) is 4. The molecule has 36 heavy (non-hydrogen) atoms. The van der Waals surface area contributed by atoms with E-state index in [1.54, 1.807) is 18.3 Å². The SMILES string of the molecule is C=CN=C(C(C)C(=Nc1ccc(C#N)cc1Cl)C(C)CC)N1C2CCC1CC(COCCC(C)C)C2. The Kier molecular flexibility index (Phi) is 10.6. The van der Waals surface area contributed by atoms with E-state index in [1.165, 1.54) is 12.8 Å². The molecular weight excluding hydrogens is 468 g/mol. The van der Waals surface area contributed by atoms with Crippen molar-refractivity contribution in [2.75, 3.05) is 13.2 Å². The maximum atomic E-state index is 9.20. The lowest BCUT2D eigenvalue weighted by molar-refractivity contribution is 0.0547. The largest absolute Gasteiger partial charge is 0.381 e. The Bertz CT molecular complexity index is 981. The van der Waals surface area contributed by atoms with Crippen LogP contribution in [0, 0.1) is 35.0 Å². The van der Waals surface area contributed by atoms with E-state index in [9.17, 15) is 5.26 Å². The number of nitriles is 1. The van der Waals surface area contributed by atoms with Crippen LogP contribution in [0.1, 0.15) is 78.7 Å². The monoisotopic (exact) mass is 510 g/mol. The lowest BCUT2D eigenvalue weighted by Gasteiger charge is -2.43. The van der Waals surface area contributed by atoms with Crippen LogP contribution >= 0.6 is 11.6 Å². The molecule has 4 unspecified atom stereocenters. The highest BCUT2D eigenvalue weighted by molar-refractivity contribution is 6.33. The Labute approximate surface area is 223 Å². The zero-order valence-corrected chi connectivity index (χ0v) is 23.5. The maximum Gasteiger partial charge on any atom is 0.113 e. The Hall–Kier alpha value is -2.16. The minimum absolute atomic E-state index is 0.0339. The molecule has 0 saturated carbocycles. The molecule has 0 N–H and O–H groups in total. The second-order valence-electron chi connectivity index (χ2n) is 10.9. The first-order chi connectivity index (χ1) is 17.3. The van der Waals surface area contributed by atoms with Crippen molar-refractivity contribution >= 4 is 28.8 Å². The number of rotatable bonds is 11. The van der Waals surface area contributed by atoms with Gasteiger partial charge in [0.15, 0.2) is 0 Å². The topological polar surface area (TPSA) is 61.0 Å². The van der Waals surface area contributed by atoms with Gasteiger partial charge in [0.1, 0.15) is 5.84 Å². The van der Waals surface area contributed by atoms with Crippen molar-refractivity contribution in [3.63, 3.8) is 0 Å². The van der Waals surface area contributed by atoms with Crippen molar-refractivity contribution in [1.29, 1.82) is 5.26 Å². The number of halogens is 1. The fraction of sp³-hybridized carbons (Fsp3) is 0.633. The summed E-state index contributed by atoms with van der Waals surface area (Å²) in [5.74, 6) is 2.67. The molecule has 0 spiro atoms. The van der Waals surface area contributed by atoms with Crippen molar-refractivity contribution in [2.24, 2.45) is 33.7 Å². The summed E-state index contributed by atoms with van der Waals surface area (Å²) in [6.45, 7) is 16.8. The minimum Gasteiger partial charge on any atom is -0.381 e. The van der Waals surface area contributed by atoms with Crippen molar-refractivity contribution in [3.8, 4) is 6.07 Å². The summed E-state index contributed by atoms with van der Waals surface area (Å²) >= 11 is 6.51. The summed E-state index contributed by atoms with van der Waals surface area (Å²) < 4.78 is 6.06. The van der Waals surface area contributed by atoms with Crippen LogP contribution < -0.4 is 0 Å². The first-order valence-electron chi connectivity index (χ1n) is 13.6. The molecule has 2 aliphatic rings. The molecule has 0 radical (unpaired) electrons. The molecule has 4 atom stereocenters.